The van der Waals surface area contributed by atoms with Gasteiger partial charge in [-0.1, -0.05) is 22.0 Å². The van der Waals surface area contributed by atoms with E-state index in [-0.39, 0.29) is 12.1 Å². The van der Waals surface area contributed by atoms with Crippen molar-refractivity contribution in [1.82, 2.24) is 19.7 Å². The Morgan fingerprint density at radius 3 is 2.93 bits per heavy atom. The minimum Gasteiger partial charge on any atom is -0.310 e. The van der Waals surface area contributed by atoms with Crippen LogP contribution in [0.1, 0.15) is 31.9 Å². The molecule has 0 unspecified atom stereocenters. The third-order valence-corrected chi connectivity index (χ3v) is 5.24. The van der Waals surface area contributed by atoms with Gasteiger partial charge in [0.1, 0.15) is 17.8 Å². The molecule has 0 aliphatic carbocycles. The molecule has 8 heteroatoms. The molecule has 2 aromatic heterocycles. The molecule has 7 nitrogen and oxygen atoms in total. The van der Waals surface area contributed by atoms with E-state index in [0.29, 0.717) is 23.9 Å². The van der Waals surface area contributed by atoms with E-state index < -0.39 is 0 Å². The molecular weight excluding hydrogens is 420 g/mol. The molecule has 28 heavy (non-hydrogen) atoms. The first kappa shape index (κ1) is 18.6. The van der Waals surface area contributed by atoms with E-state index >= 15 is 0 Å². The van der Waals surface area contributed by atoms with Gasteiger partial charge in [0, 0.05) is 22.7 Å². The number of amides is 2. The third kappa shape index (κ3) is 3.64. The topological polar surface area (TPSA) is 75.9 Å². The van der Waals surface area contributed by atoms with Gasteiger partial charge in [0.2, 0.25) is 0 Å². The van der Waals surface area contributed by atoms with Crippen LogP contribution in [0.15, 0.2) is 47.2 Å². The summed E-state index contributed by atoms with van der Waals surface area (Å²) < 4.78 is 2.98. The van der Waals surface area contributed by atoms with Crippen LogP contribution >= 0.6 is 15.9 Å². The highest BCUT2D eigenvalue weighted by atomic mass is 79.9. The van der Waals surface area contributed by atoms with Crippen molar-refractivity contribution in [2.24, 2.45) is 0 Å². The Kier molecular flexibility index (Phi) is 5.13. The van der Waals surface area contributed by atoms with Crippen LogP contribution in [0.3, 0.4) is 0 Å². The van der Waals surface area contributed by atoms with Crippen LogP contribution in [0.4, 0.5) is 16.3 Å². The summed E-state index contributed by atoms with van der Waals surface area (Å²) in [7, 11) is 0. The van der Waals surface area contributed by atoms with Crippen molar-refractivity contribution in [3.8, 4) is 11.5 Å². The van der Waals surface area contributed by atoms with E-state index in [0.717, 1.165) is 23.0 Å². The van der Waals surface area contributed by atoms with Crippen molar-refractivity contribution >= 4 is 33.5 Å². The van der Waals surface area contributed by atoms with Crippen molar-refractivity contribution in [1.29, 1.82) is 0 Å². The molecule has 0 saturated carbocycles. The largest absolute Gasteiger partial charge is 0.327 e. The molecule has 1 aliphatic heterocycles. The van der Waals surface area contributed by atoms with Crippen molar-refractivity contribution in [2.45, 2.75) is 32.7 Å². The summed E-state index contributed by atoms with van der Waals surface area (Å²) in [6.07, 6.45) is 3.59. The average molecular weight is 441 g/mol. The lowest BCUT2D eigenvalue weighted by Gasteiger charge is -2.29. The maximum Gasteiger partial charge on any atom is 0.327 e. The first-order valence-corrected chi connectivity index (χ1v) is 10.1. The zero-order chi connectivity index (χ0) is 19.7. The molecule has 3 aromatic rings. The highest BCUT2D eigenvalue weighted by Gasteiger charge is 2.23. The van der Waals surface area contributed by atoms with E-state index in [9.17, 15) is 4.79 Å². The van der Waals surface area contributed by atoms with Gasteiger partial charge < -0.3 is 4.57 Å². The average Bonchev–Trinajstić information content (AvgIpc) is 3.17. The minimum atomic E-state index is -0.182. The van der Waals surface area contributed by atoms with Gasteiger partial charge in [-0.3, -0.25) is 10.2 Å². The number of hydrogen-bond acceptors (Lipinski definition) is 4. The summed E-state index contributed by atoms with van der Waals surface area (Å²) in [5.74, 6) is 1.17. The molecule has 0 fully saturated rings. The Labute approximate surface area is 171 Å². The molecule has 1 aromatic carbocycles. The van der Waals surface area contributed by atoms with E-state index in [2.05, 4.69) is 56.3 Å². The number of urea groups is 1. The van der Waals surface area contributed by atoms with E-state index in [1.165, 1.54) is 5.56 Å². The van der Waals surface area contributed by atoms with Gasteiger partial charge in [0.15, 0.2) is 5.82 Å². The number of aromatic nitrogens is 4. The summed E-state index contributed by atoms with van der Waals surface area (Å²) in [6, 6.07) is 11.6. The smallest absolute Gasteiger partial charge is 0.310 e. The van der Waals surface area contributed by atoms with Crippen LogP contribution in [0.2, 0.25) is 0 Å². The number of benzene rings is 1. The fourth-order valence-corrected chi connectivity index (χ4v) is 3.79. The summed E-state index contributed by atoms with van der Waals surface area (Å²) >= 11 is 3.50. The molecule has 2 amide bonds. The van der Waals surface area contributed by atoms with Crippen LogP contribution in [0, 0.1) is 0 Å². The number of aryl methyl sites for hydroxylation is 1. The van der Waals surface area contributed by atoms with Gasteiger partial charge in [-0.15, -0.1) is 10.2 Å². The van der Waals surface area contributed by atoms with Gasteiger partial charge in [0.05, 0.1) is 0 Å². The minimum absolute atomic E-state index is 0.182. The third-order valence-electron chi connectivity index (χ3n) is 4.75. The van der Waals surface area contributed by atoms with Gasteiger partial charge >= 0.3 is 6.03 Å². The number of nitrogens with zero attached hydrogens (tertiary/aromatic N) is 5. The Balaban J connectivity index is 1.57. The van der Waals surface area contributed by atoms with Crippen LogP contribution in [0.5, 0.6) is 0 Å². The lowest BCUT2D eigenvalue weighted by atomic mass is 10.0. The zero-order valence-electron chi connectivity index (χ0n) is 15.8. The molecular formula is C20H21BrN6O. The molecule has 144 valence electrons. The van der Waals surface area contributed by atoms with E-state index in [1.807, 2.05) is 28.8 Å². The summed E-state index contributed by atoms with van der Waals surface area (Å²) in [5, 5.41) is 11.1. The molecule has 0 atom stereocenters. The standard InChI is InChI=1S/C20H21BrN6O/c1-13(2)27-12-22-25-19(27)16-6-3-7-18(23-16)24-20(28)26-10-4-5-14-11-15(21)8-9-17(14)26/h3,6-9,11-13H,4-5,10H2,1-2H3,(H,23,24,28). The van der Waals surface area contributed by atoms with Crippen molar-refractivity contribution in [3.63, 3.8) is 0 Å². The number of carbonyl (C=O) groups excluding carboxylic acids is 1. The monoisotopic (exact) mass is 440 g/mol. The number of anilines is 2. The normalized spacial score (nSPS) is 13.5. The maximum atomic E-state index is 12.9. The van der Waals surface area contributed by atoms with Crippen molar-refractivity contribution in [2.75, 3.05) is 16.8 Å². The van der Waals surface area contributed by atoms with Gasteiger partial charge in [-0.25, -0.2) is 9.78 Å². The Morgan fingerprint density at radius 2 is 2.11 bits per heavy atom. The number of pyridine rings is 1. The van der Waals surface area contributed by atoms with Gasteiger partial charge in [-0.05, 0) is 62.6 Å². The second kappa shape index (κ2) is 7.71. The fourth-order valence-electron chi connectivity index (χ4n) is 3.39. The van der Waals surface area contributed by atoms with Crippen LogP contribution < -0.4 is 10.2 Å². The second-order valence-electron chi connectivity index (χ2n) is 7.02. The molecule has 4 rings (SSSR count). The summed E-state index contributed by atoms with van der Waals surface area (Å²) in [5.41, 5.74) is 2.79. The lowest BCUT2D eigenvalue weighted by Crippen LogP contribution is -2.38. The number of rotatable bonds is 3. The molecule has 1 N–H and O–H groups in total. The Hall–Kier alpha value is -2.74. The Morgan fingerprint density at radius 1 is 1.25 bits per heavy atom. The van der Waals surface area contributed by atoms with Crippen LogP contribution in [-0.2, 0) is 6.42 Å². The number of halogens is 1. The maximum absolute atomic E-state index is 12.9. The van der Waals surface area contributed by atoms with Gasteiger partial charge in [0.25, 0.3) is 0 Å². The quantitative estimate of drug-likeness (QED) is 0.641. The first-order chi connectivity index (χ1) is 13.5. The van der Waals surface area contributed by atoms with Crippen LogP contribution in [-0.4, -0.2) is 32.3 Å². The number of nitrogens with one attached hydrogen (secondary N) is 1. The van der Waals surface area contributed by atoms with Crippen LogP contribution in [0.25, 0.3) is 11.5 Å². The van der Waals surface area contributed by atoms with E-state index in [1.54, 1.807) is 17.3 Å². The second-order valence-corrected chi connectivity index (χ2v) is 7.94. The summed E-state index contributed by atoms with van der Waals surface area (Å²) in [6.45, 7) is 4.80. The number of fused-ring (bicyclic) bond motifs is 1. The van der Waals surface area contributed by atoms with Crippen molar-refractivity contribution < 1.29 is 4.79 Å². The molecule has 0 bridgehead atoms. The summed E-state index contributed by atoms with van der Waals surface area (Å²) in [4.78, 5) is 19.3. The highest BCUT2D eigenvalue weighted by Crippen LogP contribution is 2.30. The molecule has 3 heterocycles. The number of hydrogen-bond donors (Lipinski definition) is 1. The zero-order valence-corrected chi connectivity index (χ0v) is 17.3. The molecule has 0 saturated heterocycles. The lowest BCUT2D eigenvalue weighted by molar-refractivity contribution is 0.256. The van der Waals surface area contributed by atoms with Crippen molar-refractivity contribution in [3.05, 3.63) is 52.8 Å². The first-order valence-electron chi connectivity index (χ1n) is 9.27. The Bertz CT molecular complexity index is 1020. The predicted octanol–water partition coefficient (Wildman–Crippen LogP) is 4.67. The fraction of sp³-hybridized carbons (Fsp3) is 0.300. The van der Waals surface area contributed by atoms with Gasteiger partial charge in [-0.2, -0.15) is 0 Å². The SMILES string of the molecule is CC(C)n1cnnc1-c1cccc(NC(=O)N2CCCc3cc(Br)ccc32)n1. The number of carbonyl (C=O) groups is 1. The van der Waals surface area contributed by atoms with E-state index in [4.69, 9.17) is 0 Å². The molecule has 1 aliphatic rings. The predicted molar refractivity (Wildman–Crippen MR) is 112 cm³/mol. The molecule has 0 spiro atoms. The molecule has 0 radical (unpaired) electrons. The highest BCUT2D eigenvalue weighted by molar-refractivity contribution is 9.10.